The maximum atomic E-state index is 11.8. The van der Waals surface area contributed by atoms with Crippen LogP contribution in [0.25, 0.3) is 17.0 Å². The quantitative estimate of drug-likeness (QED) is 0.428. The van der Waals surface area contributed by atoms with Crippen molar-refractivity contribution in [2.24, 2.45) is 11.8 Å². The van der Waals surface area contributed by atoms with Gasteiger partial charge in [-0.25, -0.2) is 0 Å². The lowest BCUT2D eigenvalue weighted by molar-refractivity contribution is -0.984. The van der Waals surface area contributed by atoms with Crippen molar-refractivity contribution in [3.8, 4) is 0 Å². The number of pyridine rings is 1. The molecule has 0 amide bonds. The highest BCUT2D eigenvalue weighted by atomic mass is 16.3. The van der Waals surface area contributed by atoms with E-state index in [1.807, 2.05) is 36.5 Å². The molecule has 2 bridgehead atoms. The van der Waals surface area contributed by atoms with Gasteiger partial charge < -0.3 is 9.59 Å². The Hall–Kier alpha value is -2.75. The number of benzene rings is 2. The van der Waals surface area contributed by atoms with Crippen LogP contribution in [0.3, 0.4) is 0 Å². The van der Waals surface area contributed by atoms with E-state index in [4.69, 9.17) is 0 Å². The van der Waals surface area contributed by atoms with Gasteiger partial charge >= 0.3 is 0 Å². The molecule has 5 unspecified atom stereocenters. The molecule has 3 fully saturated rings. The fourth-order valence-electron chi connectivity index (χ4n) is 6.09. The molecule has 4 heterocycles. The van der Waals surface area contributed by atoms with Crippen LogP contribution in [-0.2, 0) is 6.54 Å². The Labute approximate surface area is 185 Å². The minimum atomic E-state index is -0.506. The Morgan fingerprint density at radius 1 is 1.10 bits per heavy atom. The minimum Gasteiger partial charge on any atom is -0.382 e. The maximum Gasteiger partial charge on any atom is 0.131 e. The van der Waals surface area contributed by atoms with Gasteiger partial charge in [0.05, 0.1) is 18.6 Å². The van der Waals surface area contributed by atoms with Gasteiger partial charge in [-0.15, -0.1) is 6.58 Å². The third kappa shape index (κ3) is 3.52. The molecular weight excluding hydrogens is 380 g/mol. The highest BCUT2D eigenvalue weighted by Crippen LogP contribution is 2.48. The average molecular weight is 412 g/mol. The zero-order valence-electron chi connectivity index (χ0n) is 18.0. The first-order valence-electron chi connectivity index (χ1n) is 11.3. The van der Waals surface area contributed by atoms with Gasteiger partial charge in [0.15, 0.2) is 0 Å². The molecule has 0 saturated carbocycles. The van der Waals surface area contributed by atoms with E-state index in [0.29, 0.717) is 11.8 Å². The van der Waals surface area contributed by atoms with Crippen LogP contribution in [0, 0.1) is 11.8 Å². The lowest BCUT2D eigenvalue weighted by atomic mass is 9.71. The molecule has 5 atom stereocenters. The number of aromatic nitrogens is 1. The van der Waals surface area contributed by atoms with Gasteiger partial charge in [0.1, 0.15) is 18.7 Å². The number of aliphatic hydroxyl groups excluding tert-OH is 1. The lowest BCUT2D eigenvalue weighted by Gasteiger charge is -2.58. The number of piperidine rings is 3. The van der Waals surface area contributed by atoms with Crippen LogP contribution in [0.15, 0.2) is 80.0 Å². The Bertz CT molecular complexity index is 1100. The van der Waals surface area contributed by atoms with Crippen molar-refractivity contribution >= 4 is 17.0 Å². The predicted molar refractivity (Wildman–Crippen MR) is 127 cm³/mol. The molecule has 3 aromatic rings. The van der Waals surface area contributed by atoms with Crippen molar-refractivity contribution in [2.45, 2.75) is 31.5 Å². The summed E-state index contributed by atoms with van der Waals surface area (Å²) in [5.41, 5.74) is 4.43. The van der Waals surface area contributed by atoms with Crippen LogP contribution in [0.1, 0.15) is 35.6 Å². The highest BCUT2D eigenvalue weighted by molar-refractivity contribution is 5.82. The van der Waals surface area contributed by atoms with Crippen molar-refractivity contribution in [1.82, 2.24) is 4.98 Å². The third-order valence-corrected chi connectivity index (χ3v) is 7.75. The predicted octanol–water partition coefficient (Wildman–Crippen LogP) is 5.52. The molecule has 158 valence electrons. The van der Waals surface area contributed by atoms with Crippen LogP contribution < -0.4 is 0 Å². The second kappa shape index (κ2) is 8.07. The zero-order valence-corrected chi connectivity index (χ0v) is 18.0. The SMILES string of the molecule is C=Cc1ccc(C[N+]23CCC(CC2C(O)c2ccnc4ccccc24)C(C=C)C3)cc1. The summed E-state index contributed by atoms with van der Waals surface area (Å²) in [5, 5.41) is 12.8. The number of hydrogen-bond acceptors (Lipinski definition) is 2. The van der Waals surface area contributed by atoms with E-state index in [0.717, 1.165) is 52.6 Å². The maximum absolute atomic E-state index is 11.8. The van der Waals surface area contributed by atoms with Crippen molar-refractivity contribution in [3.05, 3.63) is 96.7 Å². The van der Waals surface area contributed by atoms with E-state index in [1.54, 1.807) is 0 Å². The van der Waals surface area contributed by atoms with Crippen LogP contribution >= 0.6 is 0 Å². The Kier molecular flexibility index (Phi) is 5.25. The van der Waals surface area contributed by atoms with Crippen molar-refractivity contribution in [2.75, 3.05) is 13.1 Å². The van der Waals surface area contributed by atoms with E-state index in [2.05, 4.69) is 54.5 Å². The minimum absolute atomic E-state index is 0.180. The average Bonchev–Trinajstić information content (AvgIpc) is 2.83. The summed E-state index contributed by atoms with van der Waals surface area (Å²) in [4.78, 5) is 4.51. The fourth-order valence-corrected chi connectivity index (χ4v) is 6.09. The fraction of sp³-hybridized carbons (Fsp3) is 0.321. The number of para-hydroxylation sites is 1. The van der Waals surface area contributed by atoms with E-state index < -0.39 is 6.10 Å². The number of aliphatic hydroxyl groups is 1. The normalized spacial score (nSPS) is 28.4. The van der Waals surface area contributed by atoms with Crippen molar-refractivity contribution in [1.29, 1.82) is 0 Å². The number of nitrogens with zero attached hydrogens (tertiary/aromatic N) is 2. The van der Waals surface area contributed by atoms with Gasteiger partial charge in [-0.05, 0) is 29.2 Å². The monoisotopic (exact) mass is 411 g/mol. The Morgan fingerprint density at radius 2 is 1.90 bits per heavy atom. The highest BCUT2D eigenvalue weighted by Gasteiger charge is 2.53. The number of rotatable bonds is 6. The van der Waals surface area contributed by atoms with Gasteiger partial charge in [-0.1, -0.05) is 61.2 Å². The van der Waals surface area contributed by atoms with E-state index >= 15 is 0 Å². The van der Waals surface area contributed by atoms with Crippen LogP contribution in [0.2, 0.25) is 0 Å². The van der Waals surface area contributed by atoms with Crippen LogP contribution in [-0.4, -0.2) is 33.7 Å². The molecule has 0 radical (unpaired) electrons. The summed E-state index contributed by atoms with van der Waals surface area (Å²) in [6.45, 7) is 11.1. The van der Waals surface area contributed by atoms with Gasteiger partial charge in [0.2, 0.25) is 0 Å². The Balaban J connectivity index is 1.53. The number of quaternary nitrogens is 1. The first-order valence-corrected chi connectivity index (χ1v) is 11.3. The topological polar surface area (TPSA) is 33.1 Å². The molecule has 1 N–H and O–H groups in total. The van der Waals surface area contributed by atoms with Crippen LogP contribution in [0.4, 0.5) is 0 Å². The molecule has 0 spiro atoms. The summed E-state index contributed by atoms with van der Waals surface area (Å²) < 4.78 is 0.929. The molecule has 6 rings (SSSR count). The molecular formula is C28H31N2O+. The molecule has 3 saturated heterocycles. The molecule has 3 aliphatic heterocycles. The molecule has 2 aromatic carbocycles. The second-order valence-electron chi connectivity index (χ2n) is 9.34. The van der Waals surface area contributed by atoms with E-state index in [9.17, 15) is 5.11 Å². The van der Waals surface area contributed by atoms with Gasteiger partial charge in [-0.2, -0.15) is 0 Å². The summed E-state index contributed by atoms with van der Waals surface area (Å²) in [7, 11) is 0. The summed E-state index contributed by atoms with van der Waals surface area (Å²) >= 11 is 0. The van der Waals surface area contributed by atoms with E-state index in [1.165, 1.54) is 12.0 Å². The molecule has 3 heteroatoms. The van der Waals surface area contributed by atoms with Crippen molar-refractivity contribution < 1.29 is 9.59 Å². The smallest absolute Gasteiger partial charge is 0.131 e. The largest absolute Gasteiger partial charge is 0.382 e. The number of fused-ring (bicyclic) bond motifs is 4. The summed E-state index contributed by atoms with van der Waals surface area (Å²) in [5.74, 6) is 1.15. The first-order chi connectivity index (χ1) is 15.1. The standard InChI is InChI=1S/C28H31N2O/c1-3-20-9-11-21(12-10-20)18-30-16-14-23(22(4-2)19-30)17-27(30)28(31)25-13-15-29-26-8-6-5-7-24(25)26/h3-13,15,22-23,27-28,31H,1-2,14,16-19H2/q+1. The molecule has 3 aliphatic rings. The van der Waals surface area contributed by atoms with Gasteiger partial charge in [0, 0.05) is 35.9 Å². The Morgan fingerprint density at radius 3 is 2.68 bits per heavy atom. The molecule has 1 aromatic heterocycles. The molecule has 31 heavy (non-hydrogen) atoms. The number of hydrogen-bond donors (Lipinski definition) is 1. The van der Waals surface area contributed by atoms with Gasteiger partial charge in [-0.3, -0.25) is 4.98 Å². The van der Waals surface area contributed by atoms with E-state index in [-0.39, 0.29) is 6.04 Å². The van der Waals surface area contributed by atoms with Crippen molar-refractivity contribution in [3.63, 3.8) is 0 Å². The summed E-state index contributed by atoms with van der Waals surface area (Å²) in [6, 6.07) is 19.1. The lowest BCUT2D eigenvalue weighted by Crippen LogP contribution is -2.67. The first kappa shape index (κ1) is 20.2. The van der Waals surface area contributed by atoms with Gasteiger partial charge in [0.25, 0.3) is 0 Å². The third-order valence-electron chi connectivity index (χ3n) is 7.75. The second-order valence-corrected chi connectivity index (χ2v) is 9.34. The van der Waals surface area contributed by atoms with Crippen LogP contribution in [0.5, 0.6) is 0 Å². The molecule has 0 aliphatic carbocycles. The zero-order chi connectivity index (χ0) is 21.4. The molecule has 3 nitrogen and oxygen atoms in total. The summed E-state index contributed by atoms with van der Waals surface area (Å²) in [6.07, 6.45) is 7.62.